The van der Waals surface area contributed by atoms with Gasteiger partial charge < -0.3 is 5.11 Å². The molecule has 0 radical (unpaired) electrons. The Morgan fingerprint density at radius 1 is 1.30 bits per heavy atom. The van der Waals surface area contributed by atoms with Gasteiger partial charge in [0.05, 0.1) is 11.4 Å². The quantitative estimate of drug-likeness (QED) is 0.868. The number of nitrogens with zero attached hydrogens (tertiary/aromatic N) is 2. The lowest BCUT2D eigenvalue weighted by Gasteiger charge is -2.05. The van der Waals surface area contributed by atoms with Gasteiger partial charge in [0.15, 0.2) is 0 Å². The van der Waals surface area contributed by atoms with Crippen LogP contribution in [0.25, 0.3) is 11.8 Å². The molecule has 1 N–H and O–H groups in total. The summed E-state index contributed by atoms with van der Waals surface area (Å²) in [5.41, 5.74) is 5.32. The second-order valence-corrected chi connectivity index (χ2v) is 4.68. The van der Waals surface area contributed by atoms with E-state index in [0.717, 1.165) is 35.1 Å². The van der Waals surface area contributed by atoms with Gasteiger partial charge in [-0.2, -0.15) is 5.10 Å². The number of rotatable bonds is 4. The number of hydrogen-bond acceptors (Lipinski definition) is 2. The molecule has 0 fully saturated rings. The molecule has 0 atom stereocenters. The summed E-state index contributed by atoms with van der Waals surface area (Å²) in [5.74, 6) is -0.944. The number of benzene rings is 1. The van der Waals surface area contributed by atoms with Crippen LogP contribution in [0.4, 0.5) is 0 Å². The molecule has 1 aromatic heterocycles. The fourth-order valence-corrected chi connectivity index (χ4v) is 2.33. The molecule has 4 nitrogen and oxygen atoms in total. The summed E-state index contributed by atoms with van der Waals surface area (Å²) in [7, 11) is 0. The van der Waals surface area contributed by atoms with Gasteiger partial charge in [0.2, 0.25) is 0 Å². The molecule has 20 heavy (non-hydrogen) atoms. The molecule has 0 saturated heterocycles. The van der Waals surface area contributed by atoms with E-state index in [1.807, 2.05) is 35.9 Å². The molecule has 1 heterocycles. The van der Waals surface area contributed by atoms with Crippen LogP contribution in [0.5, 0.6) is 0 Å². The van der Waals surface area contributed by atoms with Crippen molar-refractivity contribution in [3.63, 3.8) is 0 Å². The monoisotopic (exact) mass is 270 g/mol. The Balaban J connectivity index is 2.33. The summed E-state index contributed by atoms with van der Waals surface area (Å²) in [6.07, 6.45) is 3.68. The number of aryl methyl sites for hydroxylation is 1. The third-order valence-corrected chi connectivity index (χ3v) is 3.35. The highest BCUT2D eigenvalue weighted by atomic mass is 16.4. The lowest BCUT2D eigenvalue weighted by molar-refractivity contribution is -0.131. The van der Waals surface area contributed by atoms with Crippen LogP contribution in [-0.4, -0.2) is 20.9 Å². The highest BCUT2D eigenvalue weighted by Crippen LogP contribution is 2.19. The third-order valence-electron chi connectivity index (χ3n) is 3.35. The maximum atomic E-state index is 10.5. The van der Waals surface area contributed by atoms with Crippen LogP contribution in [-0.2, 0) is 11.2 Å². The molecule has 0 amide bonds. The van der Waals surface area contributed by atoms with Crippen molar-refractivity contribution in [1.29, 1.82) is 0 Å². The molecule has 104 valence electrons. The fourth-order valence-electron chi connectivity index (χ4n) is 2.33. The normalized spacial score (nSPS) is 11.2. The first-order valence-electron chi connectivity index (χ1n) is 6.59. The number of carbonyl (C=O) groups is 1. The van der Waals surface area contributed by atoms with Gasteiger partial charge in [0, 0.05) is 11.8 Å². The van der Waals surface area contributed by atoms with E-state index in [0.29, 0.717) is 0 Å². The molecule has 2 rings (SSSR count). The van der Waals surface area contributed by atoms with E-state index in [9.17, 15) is 4.79 Å². The van der Waals surface area contributed by atoms with Gasteiger partial charge >= 0.3 is 5.97 Å². The van der Waals surface area contributed by atoms with Crippen LogP contribution in [0.15, 0.2) is 30.3 Å². The summed E-state index contributed by atoms with van der Waals surface area (Å²) in [6, 6.07) is 7.66. The molecular weight excluding hydrogens is 252 g/mol. The molecule has 0 aliphatic carbocycles. The van der Waals surface area contributed by atoms with Gasteiger partial charge in [-0.15, -0.1) is 0 Å². The summed E-state index contributed by atoms with van der Waals surface area (Å²) in [4.78, 5) is 10.5. The average Bonchev–Trinajstić information content (AvgIpc) is 2.72. The Labute approximate surface area is 118 Å². The number of carboxylic acid groups (broad SMARTS) is 1. The zero-order valence-electron chi connectivity index (χ0n) is 11.9. The van der Waals surface area contributed by atoms with Gasteiger partial charge in [0.1, 0.15) is 0 Å². The number of hydrogen-bond donors (Lipinski definition) is 1. The summed E-state index contributed by atoms with van der Waals surface area (Å²) < 4.78 is 1.93. The van der Waals surface area contributed by atoms with Crippen molar-refractivity contribution in [2.24, 2.45) is 0 Å². The Kier molecular flexibility index (Phi) is 4.03. The van der Waals surface area contributed by atoms with Crippen LogP contribution in [0, 0.1) is 13.8 Å². The zero-order valence-corrected chi connectivity index (χ0v) is 11.9. The molecule has 0 aliphatic rings. The predicted octanol–water partition coefficient (Wildman–Crippen LogP) is 3.15. The van der Waals surface area contributed by atoms with Crippen LogP contribution in [0.3, 0.4) is 0 Å². The molecule has 0 aliphatic heterocycles. The Bertz CT molecular complexity index is 652. The van der Waals surface area contributed by atoms with Gasteiger partial charge in [0.25, 0.3) is 0 Å². The van der Waals surface area contributed by atoms with Crippen LogP contribution in [0.1, 0.15) is 29.4 Å². The predicted molar refractivity (Wildman–Crippen MR) is 79.1 cm³/mol. The zero-order chi connectivity index (χ0) is 14.7. The van der Waals surface area contributed by atoms with E-state index in [1.165, 1.54) is 5.56 Å². The highest BCUT2D eigenvalue weighted by molar-refractivity contribution is 5.85. The smallest absolute Gasteiger partial charge is 0.328 e. The Hall–Kier alpha value is -2.36. The molecule has 2 aromatic rings. The number of aromatic nitrogens is 2. The van der Waals surface area contributed by atoms with E-state index in [1.54, 1.807) is 6.08 Å². The topological polar surface area (TPSA) is 55.1 Å². The van der Waals surface area contributed by atoms with Gasteiger partial charge in [-0.1, -0.05) is 19.1 Å². The first-order valence-corrected chi connectivity index (χ1v) is 6.59. The summed E-state index contributed by atoms with van der Waals surface area (Å²) in [5, 5.41) is 13.2. The second-order valence-electron chi connectivity index (χ2n) is 4.68. The van der Waals surface area contributed by atoms with Crippen molar-refractivity contribution in [2.75, 3.05) is 0 Å². The average molecular weight is 270 g/mol. The van der Waals surface area contributed by atoms with Gasteiger partial charge in [-0.25, -0.2) is 9.48 Å². The minimum Gasteiger partial charge on any atom is -0.478 e. The van der Waals surface area contributed by atoms with E-state index in [4.69, 9.17) is 5.11 Å². The molecule has 1 aromatic carbocycles. The molecule has 4 heteroatoms. The summed E-state index contributed by atoms with van der Waals surface area (Å²) >= 11 is 0. The van der Waals surface area contributed by atoms with E-state index in [2.05, 4.69) is 18.9 Å². The first-order chi connectivity index (χ1) is 9.52. The SMILES string of the molecule is CCc1c(C)nn(-c2ccc(C=CC(=O)O)cc2)c1C. The maximum absolute atomic E-state index is 10.5. The van der Waals surface area contributed by atoms with Crippen molar-refractivity contribution in [3.8, 4) is 5.69 Å². The van der Waals surface area contributed by atoms with E-state index in [-0.39, 0.29) is 0 Å². The van der Waals surface area contributed by atoms with Crippen LogP contribution >= 0.6 is 0 Å². The molecule has 0 unspecified atom stereocenters. The second kappa shape index (κ2) is 5.74. The molecule has 0 bridgehead atoms. The Morgan fingerprint density at radius 2 is 1.95 bits per heavy atom. The van der Waals surface area contributed by atoms with E-state index >= 15 is 0 Å². The highest BCUT2D eigenvalue weighted by Gasteiger charge is 2.10. The van der Waals surface area contributed by atoms with Crippen LogP contribution < -0.4 is 0 Å². The third kappa shape index (κ3) is 2.79. The van der Waals surface area contributed by atoms with Crippen molar-refractivity contribution in [1.82, 2.24) is 9.78 Å². The summed E-state index contributed by atoms with van der Waals surface area (Å²) in [6.45, 7) is 6.21. The van der Waals surface area contributed by atoms with Crippen molar-refractivity contribution >= 4 is 12.0 Å². The first kappa shape index (κ1) is 14.1. The van der Waals surface area contributed by atoms with Gasteiger partial charge in [-0.3, -0.25) is 0 Å². The van der Waals surface area contributed by atoms with Crippen molar-refractivity contribution < 1.29 is 9.90 Å². The van der Waals surface area contributed by atoms with Crippen LogP contribution in [0.2, 0.25) is 0 Å². The van der Waals surface area contributed by atoms with E-state index < -0.39 is 5.97 Å². The largest absolute Gasteiger partial charge is 0.478 e. The lowest BCUT2D eigenvalue weighted by Crippen LogP contribution is -1.99. The molecule has 0 spiro atoms. The van der Waals surface area contributed by atoms with Crippen molar-refractivity contribution in [2.45, 2.75) is 27.2 Å². The molecular formula is C16H18N2O2. The number of aliphatic carboxylic acids is 1. The lowest BCUT2D eigenvalue weighted by atomic mass is 10.1. The minimum atomic E-state index is -0.944. The maximum Gasteiger partial charge on any atom is 0.328 e. The standard InChI is InChI=1S/C16H18N2O2/c1-4-15-11(2)17-18(12(15)3)14-8-5-13(6-9-14)7-10-16(19)20/h5-10H,4H2,1-3H3,(H,19,20). The fraction of sp³-hybridized carbons (Fsp3) is 0.250. The Morgan fingerprint density at radius 3 is 2.45 bits per heavy atom. The van der Waals surface area contributed by atoms with Crippen molar-refractivity contribution in [3.05, 3.63) is 52.9 Å². The number of carboxylic acids is 1. The van der Waals surface area contributed by atoms with Gasteiger partial charge in [-0.05, 0) is 49.6 Å². The molecule has 0 saturated carbocycles. The minimum absolute atomic E-state index is 0.855.